The van der Waals surface area contributed by atoms with E-state index < -0.39 is 0 Å². The van der Waals surface area contributed by atoms with Gasteiger partial charge in [-0.1, -0.05) is 30.1 Å². The van der Waals surface area contributed by atoms with Gasteiger partial charge in [-0.2, -0.15) is 0 Å². The van der Waals surface area contributed by atoms with Crippen molar-refractivity contribution in [3.63, 3.8) is 0 Å². The first kappa shape index (κ1) is 16.0. The minimum atomic E-state index is -0.278. The number of hydrogen-bond donors (Lipinski definition) is 0. The molecule has 124 valence electrons. The standard InChI is InChI=1S/C18H23FN2O2/c1-2-21(18(22)13-6-3-4-7-13)12-16-11-17(20-23-16)14-8-5-9-15(19)10-14/h5,8-10,13,16H,2-4,6-7,11-12H2,1H3/t16-/m0/s1. The average Bonchev–Trinajstić information content (AvgIpc) is 3.23. The molecule has 2 aliphatic rings. The van der Waals surface area contributed by atoms with E-state index in [2.05, 4.69) is 5.16 Å². The van der Waals surface area contributed by atoms with Gasteiger partial charge in [-0.05, 0) is 31.9 Å². The highest BCUT2D eigenvalue weighted by Gasteiger charge is 2.30. The molecule has 1 atom stereocenters. The van der Waals surface area contributed by atoms with Crippen LogP contribution in [-0.2, 0) is 9.63 Å². The van der Waals surface area contributed by atoms with Crippen molar-refractivity contribution < 1.29 is 14.0 Å². The fraction of sp³-hybridized carbons (Fsp3) is 0.556. The third kappa shape index (κ3) is 3.71. The summed E-state index contributed by atoms with van der Waals surface area (Å²) in [5, 5.41) is 4.08. The normalized spacial score (nSPS) is 21.1. The molecule has 23 heavy (non-hydrogen) atoms. The third-order valence-electron chi connectivity index (χ3n) is 4.71. The number of carbonyl (C=O) groups is 1. The van der Waals surface area contributed by atoms with Gasteiger partial charge in [-0.15, -0.1) is 0 Å². The Morgan fingerprint density at radius 1 is 1.39 bits per heavy atom. The minimum absolute atomic E-state index is 0.140. The molecule has 1 heterocycles. The van der Waals surface area contributed by atoms with Crippen molar-refractivity contribution in [3.05, 3.63) is 35.6 Å². The van der Waals surface area contributed by atoms with Crippen LogP contribution in [0.3, 0.4) is 0 Å². The summed E-state index contributed by atoms with van der Waals surface area (Å²) in [4.78, 5) is 19.9. The van der Waals surface area contributed by atoms with Crippen LogP contribution in [0.1, 0.15) is 44.6 Å². The number of hydrogen-bond acceptors (Lipinski definition) is 3. The van der Waals surface area contributed by atoms with Crippen LogP contribution in [-0.4, -0.2) is 35.7 Å². The topological polar surface area (TPSA) is 41.9 Å². The zero-order valence-electron chi connectivity index (χ0n) is 13.5. The molecular formula is C18H23FN2O2. The molecule has 4 nitrogen and oxygen atoms in total. The zero-order chi connectivity index (χ0) is 16.2. The molecular weight excluding hydrogens is 295 g/mol. The number of amides is 1. The molecule has 1 amide bonds. The minimum Gasteiger partial charge on any atom is -0.390 e. The number of nitrogens with zero attached hydrogens (tertiary/aromatic N) is 2. The SMILES string of the molecule is CCN(C[C@@H]1CC(c2cccc(F)c2)=NO1)C(=O)C1CCCC1. The van der Waals surface area contributed by atoms with Gasteiger partial charge in [-0.3, -0.25) is 4.79 Å². The van der Waals surface area contributed by atoms with Crippen LogP contribution in [0.5, 0.6) is 0 Å². The molecule has 1 fully saturated rings. The first-order valence-corrected chi connectivity index (χ1v) is 8.44. The Balaban J connectivity index is 1.58. The molecule has 0 aromatic heterocycles. The Hall–Kier alpha value is -1.91. The van der Waals surface area contributed by atoms with Gasteiger partial charge in [0.1, 0.15) is 5.82 Å². The maximum atomic E-state index is 13.3. The number of rotatable bonds is 5. The average molecular weight is 318 g/mol. The number of benzene rings is 1. The Morgan fingerprint density at radius 3 is 2.87 bits per heavy atom. The predicted molar refractivity (Wildman–Crippen MR) is 86.6 cm³/mol. The Morgan fingerprint density at radius 2 is 2.17 bits per heavy atom. The van der Waals surface area contributed by atoms with E-state index >= 15 is 0 Å². The van der Waals surface area contributed by atoms with Gasteiger partial charge in [-0.25, -0.2) is 4.39 Å². The summed E-state index contributed by atoms with van der Waals surface area (Å²) in [7, 11) is 0. The summed E-state index contributed by atoms with van der Waals surface area (Å²) in [5.41, 5.74) is 1.50. The molecule has 5 heteroatoms. The zero-order valence-corrected chi connectivity index (χ0v) is 13.5. The Bertz CT molecular complexity index is 596. The molecule has 1 saturated carbocycles. The lowest BCUT2D eigenvalue weighted by molar-refractivity contribution is -0.136. The lowest BCUT2D eigenvalue weighted by Gasteiger charge is -2.26. The molecule has 0 saturated heterocycles. The van der Waals surface area contributed by atoms with Gasteiger partial charge in [0.15, 0.2) is 6.10 Å². The van der Waals surface area contributed by atoms with E-state index in [1.54, 1.807) is 6.07 Å². The first-order chi connectivity index (χ1) is 11.2. The highest BCUT2D eigenvalue weighted by Crippen LogP contribution is 2.27. The quantitative estimate of drug-likeness (QED) is 0.835. The molecule has 3 rings (SSSR count). The van der Waals surface area contributed by atoms with Crippen molar-refractivity contribution in [1.29, 1.82) is 0 Å². The molecule has 0 unspecified atom stereocenters. The number of halogens is 1. The maximum Gasteiger partial charge on any atom is 0.225 e. The van der Waals surface area contributed by atoms with Crippen molar-refractivity contribution in [2.45, 2.75) is 45.1 Å². The fourth-order valence-electron chi connectivity index (χ4n) is 3.42. The van der Waals surface area contributed by atoms with E-state index in [0.29, 0.717) is 19.5 Å². The van der Waals surface area contributed by atoms with Gasteiger partial charge in [0.05, 0.1) is 12.3 Å². The Kier molecular flexibility index (Phi) is 4.94. The summed E-state index contributed by atoms with van der Waals surface area (Å²) in [5.74, 6) is 0.146. The summed E-state index contributed by atoms with van der Waals surface area (Å²) < 4.78 is 13.3. The van der Waals surface area contributed by atoms with Gasteiger partial charge in [0.2, 0.25) is 5.91 Å². The summed E-state index contributed by atoms with van der Waals surface area (Å²) in [6.45, 7) is 3.23. The van der Waals surface area contributed by atoms with Crippen molar-refractivity contribution >= 4 is 11.6 Å². The van der Waals surface area contributed by atoms with Crippen LogP contribution < -0.4 is 0 Å². The predicted octanol–water partition coefficient (Wildman–Crippen LogP) is 3.36. The van der Waals surface area contributed by atoms with Crippen LogP contribution >= 0.6 is 0 Å². The van der Waals surface area contributed by atoms with Crippen molar-refractivity contribution in [3.8, 4) is 0 Å². The molecule has 1 aliphatic carbocycles. The van der Waals surface area contributed by atoms with Crippen LogP contribution in [0.25, 0.3) is 0 Å². The van der Waals surface area contributed by atoms with Gasteiger partial charge < -0.3 is 9.74 Å². The molecule has 1 aromatic carbocycles. The van der Waals surface area contributed by atoms with Crippen molar-refractivity contribution in [2.24, 2.45) is 11.1 Å². The molecule has 0 radical (unpaired) electrons. The van der Waals surface area contributed by atoms with E-state index in [-0.39, 0.29) is 23.7 Å². The fourth-order valence-corrected chi connectivity index (χ4v) is 3.42. The van der Waals surface area contributed by atoms with E-state index in [9.17, 15) is 9.18 Å². The lowest BCUT2D eigenvalue weighted by Crippen LogP contribution is -2.40. The second-order valence-corrected chi connectivity index (χ2v) is 6.34. The number of likely N-dealkylation sites (N-methyl/N-ethyl adjacent to an activating group) is 1. The van der Waals surface area contributed by atoms with Crippen molar-refractivity contribution in [1.82, 2.24) is 4.90 Å². The Labute approximate surface area is 136 Å². The molecule has 0 spiro atoms. The summed E-state index contributed by atoms with van der Waals surface area (Å²) >= 11 is 0. The van der Waals surface area contributed by atoms with Crippen LogP contribution in [0, 0.1) is 11.7 Å². The lowest BCUT2D eigenvalue weighted by atomic mass is 10.0. The van der Waals surface area contributed by atoms with E-state index in [1.165, 1.54) is 12.1 Å². The summed E-state index contributed by atoms with van der Waals surface area (Å²) in [6, 6.07) is 6.37. The largest absolute Gasteiger partial charge is 0.390 e. The van der Waals surface area contributed by atoms with Gasteiger partial charge in [0, 0.05) is 24.4 Å². The van der Waals surface area contributed by atoms with Crippen molar-refractivity contribution in [2.75, 3.05) is 13.1 Å². The summed E-state index contributed by atoms with van der Waals surface area (Å²) in [6.07, 6.45) is 4.79. The van der Waals surface area contributed by atoms with Crippen LogP contribution in [0.4, 0.5) is 4.39 Å². The van der Waals surface area contributed by atoms with Gasteiger partial charge >= 0.3 is 0 Å². The molecule has 1 aromatic rings. The first-order valence-electron chi connectivity index (χ1n) is 8.44. The highest BCUT2D eigenvalue weighted by molar-refractivity contribution is 6.01. The monoisotopic (exact) mass is 318 g/mol. The smallest absolute Gasteiger partial charge is 0.225 e. The van der Waals surface area contributed by atoms with Crippen LogP contribution in [0.15, 0.2) is 29.4 Å². The molecule has 1 aliphatic heterocycles. The molecule has 0 N–H and O–H groups in total. The van der Waals surface area contributed by atoms with Crippen LogP contribution in [0.2, 0.25) is 0 Å². The highest BCUT2D eigenvalue weighted by atomic mass is 19.1. The van der Waals surface area contributed by atoms with E-state index in [0.717, 1.165) is 37.0 Å². The van der Waals surface area contributed by atoms with E-state index in [4.69, 9.17) is 4.84 Å². The van der Waals surface area contributed by atoms with E-state index in [1.807, 2.05) is 17.9 Å². The second kappa shape index (κ2) is 7.11. The number of oxime groups is 1. The third-order valence-corrected chi connectivity index (χ3v) is 4.71. The number of carbonyl (C=O) groups excluding carboxylic acids is 1. The second-order valence-electron chi connectivity index (χ2n) is 6.34. The van der Waals surface area contributed by atoms with Gasteiger partial charge in [0.25, 0.3) is 0 Å². The molecule has 0 bridgehead atoms. The maximum absolute atomic E-state index is 13.3.